The quantitative estimate of drug-likeness (QED) is 0.729. The molecule has 0 radical (unpaired) electrons. The zero-order valence-corrected chi connectivity index (χ0v) is 16.5. The normalized spacial score (nSPS) is 20.0. The van der Waals surface area contributed by atoms with Crippen molar-refractivity contribution in [2.24, 2.45) is 0 Å². The summed E-state index contributed by atoms with van der Waals surface area (Å²) >= 11 is 0. The molecule has 1 saturated heterocycles. The number of β-amino-alcohol motifs (C(OH)–C–C–N with tert-alkyl or cyclic N) is 1. The van der Waals surface area contributed by atoms with Crippen molar-refractivity contribution in [1.29, 1.82) is 0 Å². The number of nitrogens with zero attached hydrogens (tertiary/aromatic N) is 5. The number of aryl methyl sites for hydroxylation is 1. The van der Waals surface area contributed by atoms with Gasteiger partial charge in [0.05, 0.1) is 25.5 Å². The van der Waals surface area contributed by atoms with Crippen LogP contribution in [0.15, 0.2) is 22.8 Å². The molecule has 0 spiro atoms. The molecule has 0 aromatic carbocycles. The molecule has 4 rings (SSSR count). The van der Waals surface area contributed by atoms with E-state index in [1.807, 2.05) is 12.1 Å². The molecule has 0 saturated carbocycles. The van der Waals surface area contributed by atoms with Crippen LogP contribution in [0.4, 0.5) is 0 Å². The topological polar surface area (TPSA) is 79.8 Å². The lowest BCUT2D eigenvalue weighted by Crippen LogP contribution is -2.48. The van der Waals surface area contributed by atoms with E-state index in [4.69, 9.17) is 9.15 Å². The van der Waals surface area contributed by atoms with Gasteiger partial charge in [0, 0.05) is 45.7 Å². The molecule has 2 aromatic heterocycles. The lowest BCUT2D eigenvalue weighted by Gasteiger charge is -2.35. The predicted molar refractivity (Wildman–Crippen MR) is 104 cm³/mol. The first-order valence-corrected chi connectivity index (χ1v) is 10.4. The van der Waals surface area contributed by atoms with Gasteiger partial charge in [-0.05, 0) is 25.0 Å². The van der Waals surface area contributed by atoms with Crippen LogP contribution in [-0.4, -0.2) is 75.1 Å². The summed E-state index contributed by atoms with van der Waals surface area (Å²) in [4.78, 5) is 4.75. The highest BCUT2D eigenvalue weighted by Crippen LogP contribution is 2.16. The average molecular weight is 390 g/mol. The number of aromatic nitrogens is 3. The molecule has 1 atom stereocenters. The Kier molecular flexibility index (Phi) is 6.74. The Hall–Kier alpha value is -1.74. The monoisotopic (exact) mass is 389 g/mol. The van der Waals surface area contributed by atoms with E-state index >= 15 is 0 Å². The van der Waals surface area contributed by atoms with Crippen molar-refractivity contribution >= 4 is 0 Å². The minimum atomic E-state index is -0.478. The van der Waals surface area contributed by atoms with Crippen LogP contribution in [0, 0.1) is 0 Å². The fourth-order valence-electron chi connectivity index (χ4n) is 4.03. The highest BCUT2D eigenvalue weighted by Gasteiger charge is 2.22. The van der Waals surface area contributed by atoms with Crippen LogP contribution in [0.5, 0.6) is 0 Å². The van der Waals surface area contributed by atoms with Crippen LogP contribution in [-0.2, 0) is 30.9 Å². The molecular formula is C20H31N5O3. The molecule has 2 aliphatic rings. The third-order valence-corrected chi connectivity index (χ3v) is 5.62. The number of piperazine rings is 1. The second-order valence-corrected chi connectivity index (χ2v) is 7.82. The van der Waals surface area contributed by atoms with Gasteiger partial charge in [0.25, 0.3) is 0 Å². The maximum Gasteiger partial charge on any atom is 0.147 e. The highest BCUT2D eigenvalue weighted by atomic mass is 16.5. The third-order valence-electron chi connectivity index (χ3n) is 5.62. The smallest absolute Gasteiger partial charge is 0.147 e. The summed E-state index contributed by atoms with van der Waals surface area (Å²) in [6, 6.07) is 3.71. The van der Waals surface area contributed by atoms with Gasteiger partial charge in [0.1, 0.15) is 24.0 Å². The van der Waals surface area contributed by atoms with E-state index < -0.39 is 6.10 Å². The Bertz CT molecular complexity index is 710. The van der Waals surface area contributed by atoms with Crippen molar-refractivity contribution in [3.63, 3.8) is 0 Å². The highest BCUT2D eigenvalue weighted by molar-refractivity contribution is 4.98. The van der Waals surface area contributed by atoms with Crippen LogP contribution in [0.3, 0.4) is 0 Å². The van der Waals surface area contributed by atoms with Crippen LogP contribution < -0.4 is 0 Å². The minimum Gasteiger partial charge on any atom is -0.467 e. The maximum absolute atomic E-state index is 10.2. The Balaban J connectivity index is 1.17. The van der Waals surface area contributed by atoms with Crippen LogP contribution in [0.25, 0.3) is 0 Å². The Labute approximate surface area is 166 Å². The number of aliphatic hydroxyl groups is 1. The molecule has 0 bridgehead atoms. The maximum atomic E-state index is 10.2. The molecule has 0 amide bonds. The molecule has 8 nitrogen and oxygen atoms in total. The number of hydrogen-bond acceptors (Lipinski definition) is 7. The summed E-state index contributed by atoms with van der Waals surface area (Å²) in [5, 5.41) is 19.1. The standard InChI is InChI=1S/C20H31N5O3/c26-17(15-27-16-18-5-4-12-28-18)13-23-8-10-24(11-9-23)14-20-22-21-19-6-2-1-3-7-25(19)20/h4-5,12,17,26H,1-3,6-11,13-16H2/t17-/m1/s1. The van der Waals surface area contributed by atoms with E-state index in [2.05, 4.69) is 24.6 Å². The first-order chi connectivity index (χ1) is 13.8. The zero-order chi connectivity index (χ0) is 19.2. The second-order valence-electron chi connectivity index (χ2n) is 7.82. The number of rotatable bonds is 8. The molecule has 4 heterocycles. The molecule has 0 aliphatic carbocycles. The van der Waals surface area contributed by atoms with Gasteiger partial charge in [0.15, 0.2) is 0 Å². The molecule has 154 valence electrons. The fourth-order valence-corrected chi connectivity index (χ4v) is 4.03. The molecule has 8 heteroatoms. The van der Waals surface area contributed by atoms with E-state index in [0.29, 0.717) is 19.8 Å². The van der Waals surface area contributed by atoms with Gasteiger partial charge in [-0.2, -0.15) is 0 Å². The van der Waals surface area contributed by atoms with Crippen molar-refractivity contribution < 1.29 is 14.3 Å². The second kappa shape index (κ2) is 9.65. The van der Waals surface area contributed by atoms with E-state index in [0.717, 1.165) is 63.1 Å². The third kappa shape index (κ3) is 5.20. The van der Waals surface area contributed by atoms with Gasteiger partial charge in [-0.1, -0.05) is 6.42 Å². The van der Waals surface area contributed by atoms with E-state index in [1.54, 1.807) is 6.26 Å². The van der Waals surface area contributed by atoms with Crippen LogP contribution >= 0.6 is 0 Å². The largest absolute Gasteiger partial charge is 0.467 e. The fraction of sp³-hybridized carbons (Fsp3) is 0.700. The van der Waals surface area contributed by atoms with Gasteiger partial charge in [-0.3, -0.25) is 9.80 Å². The summed E-state index contributed by atoms with van der Waals surface area (Å²) in [5.41, 5.74) is 0. The molecular weight excluding hydrogens is 358 g/mol. The van der Waals surface area contributed by atoms with E-state index in [9.17, 15) is 5.11 Å². The molecule has 0 unspecified atom stereocenters. The number of fused-ring (bicyclic) bond motifs is 1. The number of aliphatic hydroxyl groups excluding tert-OH is 1. The van der Waals surface area contributed by atoms with Crippen molar-refractivity contribution in [2.75, 3.05) is 39.3 Å². The zero-order valence-electron chi connectivity index (χ0n) is 16.5. The minimum absolute atomic E-state index is 0.326. The summed E-state index contributed by atoms with van der Waals surface area (Å²) < 4.78 is 13.1. The van der Waals surface area contributed by atoms with Gasteiger partial charge in [0.2, 0.25) is 0 Å². The Morgan fingerprint density at radius 3 is 2.75 bits per heavy atom. The Morgan fingerprint density at radius 1 is 1.07 bits per heavy atom. The van der Waals surface area contributed by atoms with Crippen LogP contribution in [0.1, 0.15) is 36.7 Å². The lowest BCUT2D eigenvalue weighted by atomic mass is 10.2. The van der Waals surface area contributed by atoms with Crippen molar-refractivity contribution in [3.8, 4) is 0 Å². The molecule has 1 fully saturated rings. The summed E-state index contributed by atoms with van der Waals surface area (Å²) in [6.07, 6.45) is 5.95. The van der Waals surface area contributed by atoms with Gasteiger partial charge >= 0.3 is 0 Å². The Morgan fingerprint density at radius 2 is 1.93 bits per heavy atom. The average Bonchev–Trinajstić information content (AvgIpc) is 3.28. The van der Waals surface area contributed by atoms with Crippen molar-refractivity contribution in [3.05, 3.63) is 35.8 Å². The van der Waals surface area contributed by atoms with Crippen LogP contribution in [0.2, 0.25) is 0 Å². The number of furan rings is 1. The van der Waals surface area contributed by atoms with E-state index in [-0.39, 0.29) is 0 Å². The number of ether oxygens (including phenoxy) is 1. The summed E-state index contributed by atoms with van der Waals surface area (Å²) in [6.45, 7) is 7.19. The molecule has 2 aromatic rings. The van der Waals surface area contributed by atoms with Crippen molar-refractivity contribution in [1.82, 2.24) is 24.6 Å². The molecule has 1 N–H and O–H groups in total. The first kappa shape index (κ1) is 19.6. The van der Waals surface area contributed by atoms with Gasteiger partial charge in [-0.15, -0.1) is 10.2 Å². The summed E-state index contributed by atoms with van der Waals surface area (Å²) in [5.74, 6) is 3.05. The van der Waals surface area contributed by atoms with Crippen molar-refractivity contribution in [2.45, 2.75) is 51.5 Å². The first-order valence-electron chi connectivity index (χ1n) is 10.4. The van der Waals surface area contributed by atoms with E-state index in [1.165, 1.54) is 19.3 Å². The lowest BCUT2D eigenvalue weighted by molar-refractivity contribution is -0.00328. The summed E-state index contributed by atoms with van der Waals surface area (Å²) in [7, 11) is 0. The predicted octanol–water partition coefficient (Wildman–Crippen LogP) is 1.29. The number of hydrogen-bond donors (Lipinski definition) is 1. The molecule has 28 heavy (non-hydrogen) atoms. The van der Waals surface area contributed by atoms with Gasteiger partial charge in [-0.25, -0.2) is 0 Å². The molecule has 2 aliphatic heterocycles. The van der Waals surface area contributed by atoms with Gasteiger partial charge < -0.3 is 18.8 Å². The SMILES string of the molecule is O[C@@H](COCc1ccco1)CN1CCN(Cc2nnc3n2CCCCC3)CC1.